The van der Waals surface area contributed by atoms with E-state index in [0.29, 0.717) is 19.4 Å². The van der Waals surface area contributed by atoms with Gasteiger partial charge < -0.3 is 45.1 Å². The molecule has 1 heterocycles. The second-order valence-electron chi connectivity index (χ2n) is 24.6. The molecule has 0 aromatic heterocycles. The van der Waals surface area contributed by atoms with E-state index in [1.54, 1.807) is 6.08 Å². The van der Waals surface area contributed by atoms with Gasteiger partial charge in [0.25, 0.3) is 0 Å². The van der Waals surface area contributed by atoms with E-state index < -0.39 is 49.5 Å². The number of amides is 1. The highest BCUT2D eigenvalue weighted by Crippen LogP contribution is 2.23. The first-order chi connectivity index (χ1) is 40.7. The molecule has 1 aliphatic rings. The number of carbonyl (C=O) groups excluding carboxylic acids is 2. The second kappa shape index (κ2) is 61.3. The normalized spacial score (nSPS) is 18.4. The Morgan fingerprint density at radius 1 is 0.446 bits per heavy atom. The van der Waals surface area contributed by atoms with Crippen LogP contribution in [-0.4, -0.2) is 100 Å². The third-order valence-electron chi connectivity index (χ3n) is 16.7. The van der Waals surface area contributed by atoms with Gasteiger partial charge in [-0.05, 0) is 89.9 Å². The molecule has 0 aromatic carbocycles. The summed E-state index contributed by atoms with van der Waals surface area (Å²) in [7, 11) is 0. The van der Waals surface area contributed by atoms with Crippen LogP contribution in [0.3, 0.4) is 0 Å². The van der Waals surface area contributed by atoms with Crippen molar-refractivity contribution in [2.45, 2.75) is 378 Å². The van der Waals surface area contributed by atoms with E-state index in [9.17, 15) is 35.1 Å². The smallest absolute Gasteiger partial charge is 0.305 e. The Morgan fingerprint density at radius 2 is 0.807 bits per heavy atom. The van der Waals surface area contributed by atoms with Gasteiger partial charge in [0.2, 0.25) is 5.91 Å². The zero-order chi connectivity index (χ0) is 60.2. The minimum Gasteiger partial charge on any atom is -0.466 e. The van der Waals surface area contributed by atoms with Crippen molar-refractivity contribution in [1.82, 2.24) is 5.32 Å². The van der Waals surface area contributed by atoms with Gasteiger partial charge in [-0.15, -0.1) is 0 Å². The number of ether oxygens (including phenoxy) is 3. The number of esters is 1. The van der Waals surface area contributed by atoms with Crippen LogP contribution in [0.15, 0.2) is 48.6 Å². The lowest BCUT2D eigenvalue weighted by Crippen LogP contribution is -2.60. The number of hydrogen-bond acceptors (Lipinski definition) is 10. The number of aliphatic hydroxyl groups is 5. The molecule has 1 amide bonds. The number of hydrogen-bond donors (Lipinski definition) is 6. The molecule has 0 spiro atoms. The highest BCUT2D eigenvalue weighted by molar-refractivity contribution is 5.76. The summed E-state index contributed by atoms with van der Waals surface area (Å²) < 4.78 is 16.7. The maximum absolute atomic E-state index is 13.1. The van der Waals surface area contributed by atoms with E-state index in [1.807, 2.05) is 6.08 Å². The number of nitrogens with one attached hydrogen (secondary N) is 1. The fraction of sp³-hybridized carbons (Fsp3) is 0.861. The minimum absolute atomic E-state index is 0.00682. The van der Waals surface area contributed by atoms with Crippen molar-refractivity contribution in [3.8, 4) is 0 Å². The van der Waals surface area contributed by atoms with E-state index in [2.05, 4.69) is 55.6 Å². The standard InChI is InChI=1S/C72H133NO10/c1-3-5-7-9-11-13-15-17-35-38-42-46-50-54-58-65(75)64(63-82-72-71(80)70(79)69(78)66(62-74)83-72)73-67(76)59-55-51-47-43-39-36-33-31-29-27-25-23-21-19-18-20-22-24-26-28-30-32-34-37-41-45-49-53-57-61-81-68(77)60-56-52-48-44-40-16-14-12-10-8-6-4-2/h12,14,18,20,24,26,54,58,64-66,69-72,74-75,78-80H,3-11,13,15-17,19,21-23,25,27-53,55-57,59-63H2,1-2H3,(H,73,76)/b14-12-,20-18-,26-24-,58-54+. The molecule has 7 unspecified atom stereocenters. The Morgan fingerprint density at radius 3 is 1.25 bits per heavy atom. The van der Waals surface area contributed by atoms with Crippen molar-refractivity contribution in [2.24, 2.45) is 0 Å². The third kappa shape index (κ3) is 50.3. The molecular formula is C72H133NO10. The van der Waals surface area contributed by atoms with Gasteiger partial charge in [-0.1, -0.05) is 281 Å². The van der Waals surface area contributed by atoms with Crippen molar-refractivity contribution in [3.63, 3.8) is 0 Å². The summed E-state index contributed by atoms with van der Waals surface area (Å²) in [5.41, 5.74) is 0. The molecule has 1 fully saturated rings. The first-order valence-electron chi connectivity index (χ1n) is 35.4. The van der Waals surface area contributed by atoms with E-state index in [0.717, 1.165) is 64.2 Å². The third-order valence-corrected chi connectivity index (χ3v) is 16.7. The average molecular weight is 1170 g/mol. The molecule has 1 rings (SSSR count). The minimum atomic E-state index is -1.57. The van der Waals surface area contributed by atoms with Crippen LogP contribution in [0.25, 0.3) is 0 Å². The highest BCUT2D eigenvalue weighted by Gasteiger charge is 2.44. The first-order valence-corrected chi connectivity index (χ1v) is 35.4. The number of allylic oxidation sites excluding steroid dienone is 7. The molecule has 1 aliphatic heterocycles. The molecule has 1 saturated heterocycles. The Labute approximate surface area is 510 Å². The van der Waals surface area contributed by atoms with Crippen LogP contribution in [0.1, 0.15) is 335 Å². The van der Waals surface area contributed by atoms with Crippen LogP contribution < -0.4 is 5.32 Å². The van der Waals surface area contributed by atoms with Gasteiger partial charge in [-0.25, -0.2) is 0 Å². The molecule has 7 atom stereocenters. The van der Waals surface area contributed by atoms with Gasteiger partial charge in [0.1, 0.15) is 24.4 Å². The van der Waals surface area contributed by atoms with Crippen molar-refractivity contribution < 1.29 is 49.3 Å². The first kappa shape index (κ1) is 78.6. The Bertz CT molecular complexity index is 1520. The van der Waals surface area contributed by atoms with Crippen LogP contribution in [-0.2, 0) is 23.8 Å². The largest absolute Gasteiger partial charge is 0.466 e. The summed E-state index contributed by atoms with van der Waals surface area (Å²) in [6.45, 7) is 4.34. The predicted octanol–water partition coefficient (Wildman–Crippen LogP) is 18.0. The van der Waals surface area contributed by atoms with Crippen molar-refractivity contribution in [3.05, 3.63) is 48.6 Å². The summed E-state index contributed by atoms with van der Waals surface area (Å²) in [5.74, 6) is -0.188. The zero-order valence-corrected chi connectivity index (χ0v) is 53.9. The number of rotatable bonds is 62. The molecule has 0 radical (unpaired) electrons. The van der Waals surface area contributed by atoms with Crippen LogP contribution in [0, 0.1) is 0 Å². The SMILES string of the molecule is CCCCC/C=C\CCCCCCCC(=O)OCCCCCCCCCCC/C=C\C/C=C\CCCCCCCCCCCCCCCC(=O)NC(COC1OC(CO)C(O)C(O)C1O)C(O)/C=C/CCCCCCCCCCCCCC. The molecule has 11 heteroatoms. The van der Waals surface area contributed by atoms with E-state index in [4.69, 9.17) is 14.2 Å². The molecule has 0 aliphatic carbocycles. The Kier molecular flexibility index (Phi) is 58.0. The summed E-state index contributed by atoms with van der Waals surface area (Å²) in [5, 5.41) is 54.5. The fourth-order valence-electron chi connectivity index (χ4n) is 11.0. The van der Waals surface area contributed by atoms with Gasteiger partial charge in [0.15, 0.2) is 6.29 Å². The van der Waals surface area contributed by atoms with Gasteiger partial charge >= 0.3 is 5.97 Å². The summed E-state index contributed by atoms with van der Waals surface area (Å²) in [6.07, 6.45) is 69.4. The predicted molar refractivity (Wildman–Crippen MR) is 347 cm³/mol. The summed E-state index contributed by atoms with van der Waals surface area (Å²) in [4.78, 5) is 25.1. The fourth-order valence-corrected chi connectivity index (χ4v) is 11.0. The van der Waals surface area contributed by atoms with Gasteiger partial charge in [-0.3, -0.25) is 9.59 Å². The van der Waals surface area contributed by atoms with Crippen molar-refractivity contribution >= 4 is 11.9 Å². The molecular weight excluding hydrogens is 1040 g/mol. The number of unbranched alkanes of at least 4 members (excludes halogenated alkanes) is 42. The quantitative estimate of drug-likeness (QED) is 0.0195. The topological polar surface area (TPSA) is 175 Å². The maximum atomic E-state index is 13.1. The molecule has 0 aromatic rings. The lowest BCUT2D eigenvalue weighted by atomic mass is 9.99. The van der Waals surface area contributed by atoms with Crippen molar-refractivity contribution in [2.75, 3.05) is 19.8 Å². The molecule has 6 N–H and O–H groups in total. The Hall–Kier alpha value is -2.38. The number of carbonyl (C=O) groups is 2. The van der Waals surface area contributed by atoms with E-state index in [1.165, 1.54) is 244 Å². The maximum Gasteiger partial charge on any atom is 0.305 e. The van der Waals surface area contributed by atoms with Crippen LogP contribution in [0.5, 0.6) is 0 Å². The number of aliphatic hydroxyl groups excluding tert-OH is 5. The molecule has 0 bridgehead atoms. The van der Waals surface area contributed by atoms with Crippen LogP contribution in [0.4, 0.5) is 0 Å². The van der Waals surface area contributed by atoms with E-state index in [-0.39, 0.29) is 18.5 Å². The molecule has 83 heavy (non-hydrogen) atoms. The lowest BCUT2D eigenvalue weighted by molar-refractivity contribution is -0.302. The zero-order valence-electron chi connectivity index (χ0n) is 53.9. The average Bonchev–Trinajstić information content (AvgIpc) is 3.69. The molecule has 486 valence electrons. The monoisotopic (exact) mass is 1170 g/mol. The highest BCUT2D eigenvalue weighted by atomic mass is 16.7. The van der Waals surface area contributed by atoms with Gasteiger partial charge in [0.05, 0.1) is 32.0 Å². The van der Waals surface area contributed by atoms with Gasteiger partial charge in [0, 0.05) is 12.8 Å². The van der Waals surface area contributed by atoms with Crippen LogP contribution >= 0.6 is 0 Å². The summed E-state index contributed by atoms with van der Waals surface area (Å²) >= 11 is 0. The van der Waals surface area contributed by atoms with Crippen molar-refractivity contribution in [1.29, 1.82) is 0 Å². The molecule has 11 nitrogen and oxygen atoms in total. The summed E-state index contributed by atoms with van der Waals surface area (Å²) in [6, 6.07) is -0.812. The lowest BCUT2D eigenvalue weighted by Gasteiger charge is -2.40. The van der Waals surface area contributed by atoms with E-state index >= 15 is 0 Å². The van der Waals surface area contributed by atoms with Crippen LogP contribution in [0.2, 0.25) is 0 Å². The second-order valence-corrected chi connectivity index (χ2v) is 24.6. The Balaban J connectivity index is 2.01. The molecule has 0 saturated carbocycles. The van der Waals surface area contributed by atoms with Gasteiger partial charge in [-0.2, -0.15) is 0 Å².